The number of ether oxygens (including phenoxy) is 1. The van der Waals surface area contributed by atoms with Gasteiger partial charge in [-0.25, -0.2) is 0 Å². The number of benzene rings is 1. The van der Waals surface area contributed by atoms with Crippen molar-refractivity contribution < 1.29 is 14.3 Å². The molecule has 0 bridgehead atoms. The van der Waals surface area contributed by atoms with Crippen LogP contribution >= 0.6 is 0 Å². The minimum absolute atomic E-state index is 0.0310. The van der Waals surface area contributed by atoms with Gasteiger partial charge in [-0.05, 0) is 24.0 Å². The van der Waals surface area contributed by atoms with E-state index in [1.165, 1.54) is 0 Å². The first-order valence-corrected chi connectivity index (χ1v) is 7.90. The molecule has 0 spiro atoms. The van der Waals surface area contributed by atoms with E-state index in [1.807, 2.05) is 45.0 Å². The Morgan fingerprint density at radius 2 is 1.83 bits per heavy atom. The maximum atomic E-state index is 11.8. The van der Waals surface area contributed by atoms with Crippen LogP contribution in [0.2, 0.25) is 0 Å². The minimum Gasteiger partial charge on any atom is -0.377 e. The summed E-state index contributed by atoms with van der Waals surface area (Å²) in [6.07, 6.45) is 0. The number of rotatable bonds is 9. The largest absolute Gasteiger partial charge is 0.377 e. The first-order chi connectivity index (χ1) is 11.0. The van der Waals surface area contributed by atoms with Crippen LogP contribution in [-0.2, 0) is 27.5 Å². The van der Waals surface area contributed by atoms with E-state index in [0.717, 1.165) is 11.1 Å². The lowest BCUT2D eigenvalue weighted by atomic mass is 10.1. The van der Waals surface area contributed by atoms with Gasteiger partial charge in [-0.3, -0.25) is 9.59 Å². The lowest BCUT2D eigenvalue weighted by Gasteiger charge is -2.15. The van der Waals surface area contributed by atoms with E-state index < -0.39 is 6.04 Å². The molecular formula is C17H27N3O3. The van der Waals surface area contributed by atoms with Crippen molar-refractivity contribution in [1.82, 2.24) is 10.6 Å². The van der Waals surface area contributed by atoms with E-state index in [9.17, 15) is 9.59 Å². The lowest BCUT2D eigenvalue weighted by molar-refractivity contribution is -0.127. The summed E-state index contributed by atoms with van der Waals surface area (Å²) in [5.41, 5.74) is 7.76. The molecule has 4 N–H and O–H groups in total. The Morgan fingerprint density at radius 1 is 1.17 bits per heavy atom. The highest BCUT2D eigenvalue weighted by Gasteiger charge is 2.17. The molecule has 0 heterocycles. The van der Waals surface area contributed by atoms with Crippen molar-refractivity contribution in [3.8, 4) is 0 Å². The molecule has 0 saturated heterocycles. The number of nitrogens with one attached hydrogen (secondary N) is 2. The molecule has 0 unspecified atom stereocenters. The second kappa shape index (κ2) is 9.97. The molecule has 128 valence electrons. The van der Waals surface area contributed by atoms with Gasteiger partial charge in [0.15, 0.2) is 0 Å². The topological polar surface area (TPSA) is 93.5 Å². The van der Waals surface area contributed by atoms with Crippen LogP contribution in [0.4, 0.5) is 0 Å². The Morgan fingerprint density at radius 3 is 2.43 bits per heavy atom. The molecule has 0 aliphatic carbocycles. The summed E-state index contributed by atoms with van der Waals surface area (Å²) in [4.78, 5) is 23.5. The zero-order valence-electron chi connectivity index (χ0n) is 14.1. The average Bonchev–Trinajstić information content (AvgIpc) is 2.55. The Balaban J connectivity index is 2.43. The minimum atomic E-state index is -0.602. The molecule has 1 rings (SSSR count). The van der Waals surface area contributed by atoms with Crippen molar-refractivity contribution in [2.45, 2.75) is 40.0 Å². The molecule has 0 aliphatic heterocycles. The van der Waals surface area contributed by atoms with Crippen LogP contribution in [0, 0.1) is 5.92 Å². The van der Waals surface area contributed by atoms with Gasteiger partial charge < -0.3 is 21.1 Å². The van der Waals surface area contributed by atoms with Crippen LogP contribution in [0.15, 0.2) is 24.3 Å². The Kier molecular flexibility index (Phi) is 8.29. The summed E-state index contributed by atoms with van der Waals surface area (Å²) in [5.74, 6) is -0.532. The smallest absolute Gasteiger partial charge is 0.239 e. The summed E-state index contributed by atoms with van der Waals surface area (Å²) >= 11 is 0. The van der Waals surface area contributed by atoms with Crippen LogP contribution in [0.1, 0.15) is 31.9 Å². The van der Waals surface area contributed by atoms with Gasteiger partial charge in [-0.15, -0.1) is 0 Å². The summed E-state index contributed by atoms with van der Waals surface area (Å²) in [5, 5.41) is 5.34. The summed E-state index contributed by atoms with van der Waals surface area (Å²) < 4.78 is 5.41. The first kappa shape index (κ1) is 19.1. The second-order valence-corrected chi connectivity index (χ2v) is 5.67. The number of hydrogen-bond donors (Lipinski definition) is 3. The standard InChI is InChI=1S/C17H27N3O3/c1-4-23-11-14-8-6-5-7-13(14)9-19-15(21)10-20-17(22)16(18)12(2)3/h5-8,12,16H,4,9-11,18H2,1-3H3,(H,19,21)(H,20,22)/t16-/m0/s1. The van der Waals surface area contributed by atoms with Crippen LogP contribution in [0.5, 0.6) is 0 Å². The summed E-state index contributed by atoms with van der Waals surface area (Å²) in [7, 11) is 0. The highest BCUT2D eigenvalue weighted by atomic mass is 16.5. The fourth-order valence-corrected chi connectivity index (χ4v) is 1.93. The van der Waals surface area contributed by atoms with Crippen molar-refractivity contribution in [2.24, 2.45) is 11.7 Å². The number of nitrogens with two attached hydrogens (primary N) is 1. The molecule has 1 aromatic carbocycles. The molecule has 0 radical (unpaired) electrons. The highest BCUT2D eigenvalue weighted by molar-refractivity contribution is 5.87. The number of carbonyl (C=O) groups is 2. The van der Waals surface area contributed by atoms with Crippen LogP contribution in [0.25, 0.3) is 0 Å². The molecule has 0 fully saturated rings. The fraction of sp³-hybridized carbons (Fsp3) is 0.529. The van der Waals surface area contributed by atoms with Crippen molar-refractivity contribution in [3.63, 3.8) is 0 Å². The van der Waals surface area contributed by atoms with Crippen molar-refractivity contribution >= 4 is 11.8 Å². The molecule has 0 aromatic heterocycles. The van der Waals surface area contributed by atoms with E-state index in [0.29, 0.717) is 19.8 Å². The molecule has 0 aliphatic rings. The number of hydrogen-bond acceptors (Lipinski definition) is 4. The van der Waals surface area contributed by atoms with Gasteiger partial charge in [-0.1, -0.05) is 38.1 Å². The Bertz CT molecular complexity index is 518. The van der Waals surface area contributed by atoms with Gasteiger partial charge in [0.1, 0.15) is 0 Å². The molecule has 6 nitrogen and oxygen atoms in total. The molecule has 0 saturated carbocycles. The van der Waals surface area contributed by atoms with E-state index in [4.69, 9.17) is 10.5 Å². The van der Waals surface area contributed by atoms with E-state index in [2.05, 4.69) is 10.6 Å². The quantitative estimate of drug-likeness (QED) is 0.631. The van der Waals surface area contributed by atoms with Crippen molar-refractivity contribution in [1.29, 1.82) is 0 Å². The van der Waals surface area contributed by atoms with Gasteiger partial charge in [0.05, 0.1) is 19.2 Å². The predicted molar refractivity (Wildman–Crippen MR) is 89.4 cm³/mol. The molecular weight excluding hydrogens is 294 g/mol. The van der Waals surface area contributed by atoms with E-state index in [1.54, 1.807) is 0 Å². The molecule has 1 aromatic rings. The second-order valence-electron chi connectivity index (χ2n) is 5.67. The average molecular weight is 321 g/mol. The Hall–Kier alpha value is -1.92. The SMILES string of the molecule is CCOCc1ccccc1CNC(=O)CNC(=O)[C@@H](N)C(C)C. The van der Waals surface area contributed by atoms with Crippen molar-refractivity contribution in [3.05, 3.63) is 35.4 Å². The predicted octanol–water partition coefficient (Wildman–Crippen LogP) is 0.939. The zero-order valence-corrected chi connectivity index (χ0v) is 14.1. The summed E-state index contributed by atoms with van der Waals surface area (Å²) in [6.45, 7) is 7.14. The highest BCUT2D eigenvalue weighted by Crippen LogP contribution is 2.09. The molecule has 6 heteroatoms. The van der Waals surface area contributed by atoms with Gasteiger partial charge in [0.2, 0.25) is 11.8 Å². The van der Waals surface area contributed by atoms with Crippen molar-refractivity contribution in [2.75, 3.05) is 13.2 Å². The normalized spacial score (nSPS) is 12.0. The van der Waals surface area contributed by atoms with Crippen LogP contribution < -0.4 is 16.4 Å². The third-order valence-electron chi connectivity index (χ3n) is 3.50. The molecule has 23 heavy (non-hydrogen) atoms. The van der Waals surface area contributed by atoms with Gasteiger partial charge >= 0.3 is 0 Å². The maximum absolute atomic E-state index is 11.8. The lowest BCUT2D eigenvalue weighted by Crippen LogP contribution is -2.47. The fourth-order valence-electron chi connectivity index (χ4n) is 1.93. The third kappa shape index (κ3) is 6.80. The van der Waals surface area contributed by atoms with Gasteiger partial charge in [0.25, 0.3) is 0 Å². The molecule has 1 atom stereocenters. The third-order valence-corrected chi connectivity index (χ3v) is 3.50. The van der Waals surface area contributed by atoms with Gasteiger partial charge in [-0.2, -0.15) is 0 Å². The van der Waals surface area contributed by atoms with Gasteiger partial charge in [0, 0.05) is 13.2 Å². The van der Waals surface area contributed by atoms with Crippen LogP contribution in [-0.4, -0.2) is 31.0 Å². The van der Waals surface area contributed by atoms with E-state index >= 15 is 0 Å². The molecule has 2 amide bonds. The van der Waals surface area contributed by atoms with E-state index in [-0.39, 0.29) is 24.3 Å². The first-order valence-electron chi connectivity index (χ1n) is 7.90. The monoisotopic (exact) mass is 321 g/mol. The number of amides is 2. The zero-order chi connectivity index (χ0) is 17.2. The summed E-state index contributed by atoms with van der Waals surface area (Å²) in [6, 6.07) is 7.17. The maximum Gasteiger partial charge on any atom is 0.239 e. The van der Waals surface area contributed by atoms with Crippen LogP contribution in [0.3, 0.4) is 0 Å². The Labute approximate surface area is 137 Å². The number of carbonyl (C=O) groups excluding carboxylic acids is 2.